The summed E-state index contributed by atoms with van der Waals surface area (Å²) in [6.07, 6.45) is -39.6. The smallest absolute Gasteiger partial charge is 0.221 e. The fraction of sp³-hybridized carbons (Fsp3) is 0.778. The van der Waals surface area contributed by atoms with Crippen LogP contribution in [0.3, 0.4) is 0 Å². The quantitative estimate of drug-likeness (QED) is 0.425. The van der Waals surface area contributed by atoms with E-state index in [1.807, 2.05) is 0 Å². The van der Waals surface area contributed by atoms with E-state index in [1.54, 1.807) is 0 Å². The van der Waals surface area contributed by atoms with Crippen molar-refractivity contribution in [2.45, 2.75) is 42.2 Å². The van der Waals surface area contributed by atoms with Crippen molar-refractivity contribution in [3.8, 4) is 0 Å². The van der Waals surface area contributed by atoms with Gasteiger partial charge >= 0.3 is 42.2 Å². The summed E-state index contributed by atoms with van der Waals surface area (Å²) >= 11 is 0. The van der Waals surface area contributed by atoms with E-state index < -0.39 is 53.6 Å². The third kappa shape index (κ3) is 3.88. The van der Waals surface area contributed by atoms with E-state index in [0.717, 1.165) is 0 Å². The molecular formula is C9F18. The molecule has 27 heavy (non-hydrogen) atoms. The van der Waals surface area contributed by atoms with Gasteiger partial charge < -0.3 is 0 Å². The van der Waals surface area contributed by atoms with Crippen LogP contribution < -0.4 is 0 Å². The Kier molecular flexibility index (Phi) is 5.90. The Morgan fingerprint density at radius 3 is 0.815 bits per heavy atom. The molecule has 0 amide bonds. The minimum atomic E-state index is -8.57. The van der Waals surface area contributed by atoms with E-state index in [-0.39, 0.29) is 0 Å². The molecule has 0 bridgehead atoms. The highest BCUT2D eigenvalue weighted by Crippen LogP contribution is 2.63. The third-order valence-corrected chi connectivity index (χ3v) is 2.74. The highest BCUT2D eigenvalue weighted by Gasteiger charge is 2.91. The van der Waals surface area contributed by atoms with Gasteiger partial charge in [-0.3, -0.25) is 0 Å². The summed E-state index contributed by atoms with van der Waals surface area (Å²) < 4.78 is 224. The number of halogens is 18. The zero-order valence-electron chi connectivity index (χ0n) is 11.3. The normalized spacial score (nSPS) is 17.6. The topological polar surface area (TPSA) is 0 Å². The summed E-state index contributed by atoms with van der Waals surface area (Å²) in [6.45, 7) is 0. The van der Waals surface area contributed by atoms with E-state index in [1.165, 1.54) is 0 Å². The van der Waals surface area contributed by atoms with Crippen molar-refractivity contribution < 1.29 is 79.0 Å². The van der Waals surface area contributed by atoms with Crippen molar-refractivity contribution >= 4 is 0 Å². The number of alkyl halides is 17. The first-order valence-electron chi connectivity index (χ1n) is 5.40. The maximum atomic E-state index is 13.7. The van der Waals surface area contributed by atoms with Gasteiger partial charge in [-0.25, -0.2) is 13.2 Å². The van der Waals surface area contributed by atoms with Crippen LogP contribution in [0.4, 0.5) is 79.0 Å². The van der Waals surface area contributed by atoms with Crippen molar-refractivity contribution in [1.29, 1.82) is 0 Å². The zero-order chi connectivity index (χ0) is 22.7. The van der Waals surface area contributed by atoms with Gasteiger partial charge in [0.05, 0.1) is 0 Å². The first kappa shape index (κ1) is 25.5. The van der Waals surface area contributed by atoms with Crippen LogP contribution in [0.15, 0.2) is 11.4 Å². The van der Waals surface area contributed by atoms with Crippen LogP contribution in [-0.4, -0.2) is 42.2 Å². The average molecular weight is 450 g/mol. The van der Waals surface area contributed by atoms with Gasteiger partial charge in [0.1, 0.15) is 0 Å². The molecule has 18 heteroatoms. The van der Waals surface area contributed by atoms with E-state index in [9.17, 15) is 79.0 Å². The highest BCUT2D eigenvalue weighted by atomic mass is 19.4. The van der Waals surface area contributed by atoms with Crippen molar-refractivity contribution in [3.05, 3.63) is 11.4 Å². The fourth-order valence-corrected chi connectivity index (χ4v) is 1.60. The number of hydrogen-bond donors (Lipinski definition) is 0. The van der Waals surface area contributed by atoms with Crippen LogP contribution >= 0.6 is 0 Å². The average Bonchev–Trinajstić information content (AvgIpc) is 2.28. The van der Waals surface area contributed by atoms with E-state index in [4.69, 9.17) is 0 Å². The SMILES string of the molecule is FC(=C(C(F)(F)F)C(F)(F)F)C(F)(C(F)(F)F)C(F)(C(F)(F)F)C(F)(F)F. The molecule has 0 aromatic heterocycles. The van der Waals surface area contributed by atoms with Crippen LogP contribution in [0.1, 0.15) is 0 Å². The molecule has 0 saturated heterocycles. The minimum absolute atomic E-state index is 5.38. The summed E-state index contributed by atoms with van der Waals surface area (Å²) in [4.78, 5) is 0. The van der Waals surface area contributed by atoms with Gasteiger partial charge in [-0.15, -0.1) is 0 Å². The van der Waals surface area contributed by atoms with Gasteiger partial charge in [-0.05, 0) is 0 Å². The van der Waals surface area contributed by atoms with Crippen LogP contribution in [0.2, 0.25) is 0 Å². The molecule has 0 radical (unpaired) electrons. The Morgan fingerprint density at radius 2 is 0.667 bits per heavy atom. The van der Waals surface area contributed by atoms with Gasteiger partial charge in [-0.1, -0.05) is 0 Å². The minimum Gasteiger partial charge on any atom is -0.221 e. The molecular weight excluding hydrogens is 450 g/mol. The zero-order valence-corrected chi connectivity index (χ0v) is 11.3. The molecule has 162 valence electrons. The monoisotopic (exact) mass is 450 g/mol. The van der Waals surface area contributed by atoms with Crippen LogP contribution in [0, 0.1) is 0 Å². The summed E-state index contributed by atoms with van der Waals surface area (Å²) in [7, 11) is 0. The largest absolute Gasteiger partial charge is 0.435 e. The van der Waals surface area contributed by atoms with E-state index in [0.29, 0.717) is 0 Å². The second-order valence-electron chi connectivity index (χ2n) is 4.49. The molecule has 0 aliphatic rings. The Labute approximate surface area is 134 Å². The summed E-state index contributed by atoms with van der Waals surface area (Å²) in [5, 5.41) is 0. The van der Waals surface area contributed by atoms with Crippen LogP contribution in [-0.2, 0) is 0 Å². The van der Waals surface area contributed by atoms with Gasteiger partial charge in [-0.2, -0.15) is 65.9 Å². The molecule has 0 saturated carbocycles. The van der Waals surface area contributed by atoms with Crippen molar-refractivity contribution in [2.24, 2.45) is 0 Å². The Bertz CT molecular complexity index is 544. The summed E-state index contributed by atoms with van der Waals surface area (Å²) in [5.74, 6) is -5.76. The second-order valence-corrected chi connectivity index (χ2v) is 4.49. The molecule has 1 unspecified atom stereocenters. The maximum absolute atomic E-state index is 13.7. The first-order chi connectivity index (χ1) is 11.3. The van der Waals surface area contributed by atoms with Crippen LogP contribution in [0.5, 0.6) is 0 Å². The van der Waals surface area contributed by atoms with Crippen molar-refractivity contribution in [1.82, 2.24) is 0 Å². The lowest BCUT2D eigenvalue weighted by atomic mass is 9.80. The van der Waals surface area contributed by atoms with Gasteiger partial charge in [0.15, 0.2) is 11.4 Å². The molecule has 0 fully saturated rings. The van der Waals surface area contributed by atoms with Gasteiger partial charge in [0.2, 0.25) is 0 Å². The number of rotatable bonds is 2. The highest BCUT2D eigenvalue weighted by molar-refractivity contribution is 5.34. The Morgan fingerprint density at radius 1 is 0.407 bits per heavy atom. The molecule has 1 atom stereocenters. The summed E-state index contributed by atoms with van der Waals surface area (Å²) in [6, 6.07) is 0. The lowest BCUT2D eigenvalue weighted by Gasteiger charge is -2.41. The Balaban J connectivity index is 7.66. The lowest BCUT2D eigenvalue weighted by molar-refractivity contribution is -0.410. The molecule has 0 aromatic carbocycles. The maximum Gasteiger partial charge on any atom is 0.435 e. The molecule has 0 spiro atoms. The van der Waals surface area contributed by atoms with Gasteiger partial charge in [0.25, 0.3) is 0 Å². The molecule has 0 heterocycles. The fourth-order valence-electron chi connectivity index (χ4n) is 1.60. The van der Waals surface area contributed by atoms with Crippen molar-refractivity contribution in [2.75, 3.05) is 0 Å². The second kappa shape index (κ2) is 6.25. The standard InChI is InChI=1S/C9F18/c10-2(1(4(12,13)14)5(15,16)17)3(11,7(19,20)21)6(18,8(22,23)24)9(25,26)27. The molecule has 0 aliphatic carbocycles. The van der Waals surface area contributed by atoms with Gasteiger partial charge in [0, 0.05) is 0 Å². The lowest BCUT2D eigenvalue weighted by Crippen LogP contribution is -2.72. The predicted molar refractivity (Wildman–Crippen MR) is 46.1 cm³/mol. The Hall–Kier alpha value is -1.52. The van der Waals surface area contributed by atoms with E-state index in [2.05, 4.69) is 0 Å². The third-order valence-electron chi connectivity index (χ3n) is 2.74. The van der Waals surface area contributed by atoms with Crippen molar-refractivity contribution in [3.63, 3.8) is 0 Å². The molecule has 0 aromatic rings. The predicted octanol–water partition coefficient (Wildman–Crippen LogP) is 6.44. The molecule has 0 rings (SSSR count). The molecule has 0 N–H and O–H groups in total. The van der Waals surface area contributed by atoms with E-state index >= 15 is 0 Å². The first-order valence-corrected chi connectivity index (χ1v) is 5.40. The van der Waals surface area contributed by atoms with Crippen LogP contribution in [0.25, 0.3) is 0 Å². The number of allylic oxidation sites excluding steroid dienone is 2. The molecule has 0 nitrogen and oxygen atoms in total. The number of hydrogen-bond acceptors (Lipinski definition) is 0. The summed E-state index contributed by atoms with van der Waals surface area (Å²) in [5.41, 5.74) is -22.4. The molecule has 0 aliphatic heterocycles.